The summed E-state index contributed by atoms with van der Waals surface area (Å²) in [7, 11) is 0. The number of hydrogen-bond donors (Lipinski definition) is 1. The quantitative estimate of drug-likeness (QED) is 0.754. The van der Waals surface area contributed by atoms with Crippen LogP contribution < -0.4 is 4.72 Å². The van der Waals surface area contributed by atoms with Crippen molar-refractivity contribution in [3.63, 3.8) is 0 Å². The van der Waals surface area contributed by atoms with Crippen LogP contribution in [0, 0.1) is 5.82 Å². The molecule has 0 aromatic heterocycles. The highest BCUT2D eigenvalue weighted by Gasteiger charge is 2.33. The van der Waals surface area contributed by atoms with Gasteiger partial charge in [0.25, 0.3) is 5.92 Å². The molecule has 0 amide bonds. The van der Waals surface area contributed by atoms with E-state index in [0.29, 0.717) is 11.4 Å². The smallest absolute Gasteiger partial charge is 0.273 e. The Morgan fingerprint density at radius 2 is 1.76 bits per heavy atom. The lowest BCUT2D eigenvalue weighted by atomic mass is 10.0. The van der Waals surface area contributed by atoms with Gasteiger partial charge in [-0.2, -0.15) is 0 Å². The van der Waals surface area contributed by atoms with Crippen molar-refractivity contribution >= 4 is 27.3 Å². The zero-order chi connectivity index (χ0) is 16.6. The van der Waals surface area contributed by atoms with Crippen LogP contribution in [0.4, 0.5) is 13.2 Å². The molecule has 0 spiro atoms. The Bertz CT molecular complexity index is 514. The van der Waals surface area contributed by atoms with E-state index in [2.05, 4.69) is 20.7 Å². The average Bonchev–Trinajstić information content (AvgIpc) is 2.28. The molecule has 0 aliphatic carbocycles. The van der Waals surface area contributed by atoms with Gasteiger partial charge in [-0.25, -0.2) is 13.2 Å². The molecule has 1 rings (SSSR count). The third kappa shape index (κ3) is 4.87. The van der Waals surface area contributed by atoms with Crippen molar-refractivity contribution in [3.8, 4) is 0 Å². The van der Waals surface area contributed by atoms with E-state index in [-0.39, 0.29) is 5.56 Å². The van der Waals surface area contributed by atoms with Crippen LogP contribution in [-0.4, -0.2) is 9.30 Å². The molecule has 1 aromatic carbocycles. The highest BCUT2D eigenvalue weighted by molar-refractivity contribution is 9.10. The Morgan fingerprint density at radius 1 is 1.24 bits per heavy atom. The summed E-state index contributed by atoms with van der Waals surface area (Å²) in [6.07, 6.45) is 0. The monoisotopic (exact) mass is 385 g/mol. The Balaban J connectivity index is 3.16. The van der Waals surface area contributed by atoms with Crippen LogP contribution in [0.5, 0.6) is 0 Å². The number of hydrogen-bond acceptors (Lipinski definition) is 2. The van der Waals surface area contributed by atoms with Gasteiger partial charge >= 0.3 is 0 Å². The normalized spacial score (nSPS) is 15.9. The highest BCUT2D eigenvalue weighted by Crippen LogP contribution is 2.35. The lowest BCUT2D eigenvalue weighted by molar-refractivity contribution is 0.0135. The summed E-state index contributed by atoms with van der Waals surface area (Å²) in [5.41, 5.74) is -0.624. The van der Waals surface area contributed by atoms with Gasteiger partial charge in [0.15, 0.2) is 0 Å². The van der Waals surface area contributed by atoms with E-state index in [0.717, 1.165) is 6.07 Å². The molecule has 21 heavy (non-hydrogen) atoms. The zero-order valence-electron chi connectivity index (χ0n) is 12.6. The lowest BCUT2D eigenvalue weighted by Crippen LogP contribution is -2.40. The molecule has 0 unspecified atom stereocenters. The summed E-state index contributed by atoms with van der Waals surface area (Å²) in [4.78, 5) is 0. The molecule has 0 bridgehead atoms. The van der Waals surface area contributed by atoms with E-state index in [4.69, 9.17) is 0 Å². The second-order valence-corrected chi connectivity index (χ2v) is 8.88. The van der Waals surface area contributed by atoms with Crippen molar-refractivity contribution in [2.45, 2.75) is 51.3 Å². The minimum Gasteiger partial charge on any atom is -0.598 e. The summed E-state index contributed by atoms with van der Waals surface area (Å²) in [5.74, 6) is -4.26. The molecule has 0 saturated heterocycles. The predicted molar refractivity (Wildman–Crippen MR) is 83.1 cm³/mol. The van der Waals surface area contributed by atoms with Crippen molar-refractivity contribution in [2.24, 2.45) is 0 Å². The third-order valence-corrected chi connectivity index (χ3v) is 4.98. The minimum atomic E-state index is -3.29. The number of rotatable bonds is 4. The van der Waals surface area contributed by atoms with Crippen LogP contribution in [0.25, 0.3) is 0 Å². The van der Waals surface area contributed by atoms with Gasteiger partial charge < -0.3 is 4.55 Å². The molecule has 0 saturated carbocycles. The van der Waals surface area contributed by atoms with Gasteiger partial charge in [0.05, 0.1) is 11.6 Å². The predicted octanol–water partition coefficient (Wildman–Crippen LogP) is 4.81. The van der Waals surface area contributed by atoms with Crippen LogP contribution in [0.3, 0.4) is 0 Å². The third-order valence-electron chi connectivity index (χ3n) is 2.84. The van der Waals surface area contributed by atoms with Gasteiger partial charge in [-0.3, -0.25) is 0 Å². The summed E-state index contributed by atoms with van der Waals surface area (Å²) in [6, 6.07) is 1.82. The molecule has 0 heterocycles. The van der Waals surface area contributed by atoms with Gasteiger partial charge in [0.2, 0.25) is 0 Å². The Kier molecular flexibility index (Phi) is 5.80. The average molecular weight is 386 g/mol. The van der Waals surface area contributed by atoms with E-state index in [1.807, 2.05) is 0 Å². The van der Waals surface area contributed by atoms with E-state index >= 15 is 0 Å². The molecule has 0 radical (unpaired) electrons. The van der Waals surface area contributed by atoms with Crippen LogP contribution in [0.2, 0.25) is 0 Å². The number of halogens is 4. The van der Waals surface area contributed by atoms with Crippen molar-refractivity contribution in [1.82, 2.24) is 4.72 Å². The Labute approximate surface area is 134 Å². The van der Waals surface area contributed by atoms with Crippen molar-refractivity contribution < 1.29 is 17.7 Å². The largest absolute Gasteiger partial charge is 0.598 e. The maximum atomic E-state index is 14.3. The van der Waals surface area contributed by atoms with Gasteiger partial charge in [0, 0.05) is 28.3 Å². The number of alkyl halides is 2. The van der Waals surface area contributed by atoms with Crippen molar-refractivity contribution in [1.29, 1.82) is 0 Å². The van der Waals surface area contributed by atoms with E-state index in [1.165, 1.54) is 6.07 Å². The first-order valence-corrected chi connectivity index (χ1v) is 8.33. The second-order valence-electron chi connectivity index (χ2n) is 5.97. The summed E-state index contributed by atoms with van der Waals surface area (Å²) in [5, 5.41) is 0. The fraction of sp³-hybridized carbons (Fsp3) is 0.571. The van der Waals surface area contributed by atoms with Crippen LogP contribution in [0.15, 0.2) is 16.6 Å². The number of nitrogens with one attached hydrogen (secondary N) is 1. The lowest BCUT2D eigenvalue weighted by Gasteiger charge is -2.27. The van der Waals surface area contributed by atoms with Gasteiger partial charge in [-0.15, -0.1) is 4.72 Å². The molecule has 120 valence electrons. The first-order valence-electron chi connectivity index (χ1n) is 6.39. The molecule has 0 fully saturated rings. The SMILES string of the molecule is C[C@@H](N[S@+]([O-])C(C)(C)C)c1cc(Br)cc(C(C)(F)F)c1F. The summed E-state index contributed by atoms with van der Waals surface area (Å²) >= 11 is 1.68. The first kappa shape index (κ1) is 18.8. The molecule has 2 nitrogen and oxygen atoms in total. The van der Waals surface area contributed by atoms with Crippen molar-refractivity contribution in [3.05, 3.63) is 33.5 Å². The molecule has 0 aliphatic heterocycles. The standard InChI is InChI=1S/C14H19BrF3NOS/c1-8(19-21(20)13(2,3)4)10-6-9(15)7-11(12(10)16)14(5,17)18/h6-8,19H,1-5H3/t8-,21-/m1/s1. The maximum absolute atomic E-state index is 14.3. The molecule has 2 atom stereocenters. The molecular formula is C14H19BrF3NOS. The number of benzene rings is 1. The van der Waals surface area contributed by atoms with Gasteiger partial charge in [0.1, 0.15) is 10.6 Å². The van der Waals surface area contributed by atoms with Crippen LogP contribution in [-0.2, 0) is 17.3 Å². The van der Waals surface area contributed by atoms with E-state index in [1.54, 1.807) is 27.7 Å². The highest BCUT2D eigenvalue weighted by atomic mass is 79.9. The minimum absolute atomic E-state index is 0.0542. The van der Waals surface area contributed by atoms with Crippen LogP contribution >= 0.6 is 15.9 Å². The maximum Gasteiger partial charge on any atom is 0.273 e. The molecule has 1 N–H and O–H groups in total. The zero-order valence-corrected chi connectivity index (χ0v) is 15.0. The molecule has 1 aromatic rings. The first-order chi connectivity index (χ1) is 9.34. The van der Waals surface area contributed by atoms with E-state index < -0.39 is 39.5 Å². The fourth-order valence-corrected chi connectivity index (χ4v) is 2.92. The second kappa shape index (κ2) is 6.48. The van der Waals surface area contributed by atoms with Gasteiger partial charge in [-0.05, 0) is 39.8 Å². The van der Waals surface area contributed by atoms with Gasteiger partial charge in [-0.1, -0.05) is 15.9 Å². The van der Waals surface area contributed by atoms with Crippen molar-refractivity contribution in [2.75, 3.05) is 0 Å². The molecule has 7 heteroatoms. The van der Waals surface area contributed by atoms with Crippen LogP contribution in [0.1, 0.15) is 51.8 Å². The topological polar surface area (TPSA) is 35.1 Å². The molecule has 0 aliphatic rings. The fourth-order valence-electron chi connectivity index (χ4n) is 1.65. The van der Waals surface area contributed by atoms with E-state index in [9.17, 15) is 17.7 Å². The molecular weight excluding hydrogens is 367 g/mol. The Morgan fingerprint density at radius 3 is 2.19 bits per heavy atom. The summed E-state index contributed by atoms with van der Waals surface area (Å²) in [6.45, 7) is 7.54. The summed E-state index contributed by atoms with van der Waals surface area (Å²) < 4.78 is 55.8. The Hall–Kier alpha value is -0.240.